The lowest BCUT2D eigenvalue weighted by Crippen LogP contribution is -2.35. The van der Waals surface area contributed by atoms with E-state index in [1.807, 2.05) is 24.4 Å². The van der Waals surface area contributed by atoms with E-state index in [4.69, 9.17) is 9.47 Å². The minimum atomic E-state index is -0.0373. The molecule has 1 atom stereocenters. The highest BCUT2D eigenvalue weighted by atomic mass is 16.5. The maximum atomic E-state index is 5.47. The van der Waals surface area contributed by atoms with E-state index < -0.39 is 0 Å². The van der Waals surface area contributed by atoms with Crippen LogP contribution in [-0.2, 0) is 4.74 Å². The van der Waals surface area contributed by atoms with Crippen LogP contribution in [0.2, 0.25) is 0 Å². The number of hydrogen-bond acceptors (Lipinski definition) is 4. The summed E-state index contributed by atoms with van der Waals surface area (Å²) in [6.07, 6.45) is 2.82. The molecule has 0 amide bonds. The van der Waals surface area contributed by atoms with Crippen molar-refractivity contribution in [1.82, 2.24) is 4.98 Å². The van der Waals surface area contributed by atoms with Gasteiger partial charge in [-0.3, -0.25) is 0 Å². The largest absolute Gasteiger partial charge is 0.497 e. The van der Waals surface area contributed by atoms with Gasteiger partial charge in [-0.1, -0.05) is 6.07 Å². The van der Waals surface area contributed by atoms with Crippen LogP contribution in [0.3, 0.4) is 0 Å². The van der Waals surface area contributed by atoms with Crippen LogP contribution in [0.5, 0.6) is 5.75 Å². The summed E-state index contributed by atoms with van der Waals surface area (Å²) >= 11 is 0. The highest BCUT2D eigenvalue weighted by molar-refractivity contribution is 5.93. The van der Waals surface area contributed by atoms with Gasteiger partial charge in [0.05, 0.1) is 19.3 Å². The second-order valence-corrected chi connectivity index (χ2v) is 5.23. The number of hydrogen-bond donors (Lipinski definition) is 1. The summed E-state index contributed by atoms with van der Waals surface area (Å²) in [6, 6.07) is 8.04. The summed E-state index contributed by atoms with van der Waals surface area (Å²) in [6.45, 7) is 3.69. The Labute approximate surface area is 112 Å². The zero-order valence-corrected chi connectivity index (χ0v) is 11.3. The fraction of sp³-hybridized carbons (Fsp3) is 0.400. The van der Waals surface area contributed by atoms with Crippen molar-refractivity contribution in [3.05, 3.63) is 30.5 Å². The van der Waals surface area contributed by atoms with Crippen LogP contribution >= 0.6 is 0 Å². The number of aromatic nitrogens is 1. The van der Waals surface area contributed by atoms with Crippen molar-refractivity contribution in [1.29, 1.82) is 0 Å². The highest BCUT2D eigenvalue weighted by Gasteiger charge is 2.30. The van der Waals surface area contributed by atoms with Gasteiger partial charge in [0.25, 0.3) is 0 Å². The molecule has 0 spiro atoms. The molecule has 0 saturated carbocycles. The van der Waals surface area contributed by atoms with Crippen molar-refractivity contribution in [2.75, 3.05) is 25.6 Å². The molecule has 1 aliphatic heterocycles. The zero-order valence-electron chi connectivity index (χ0n) is 11.3. The molecule has 4 nitrogen and oxygen atoms in total. The van der Waals surface area contributed by atoms with Gasteiger partial charge in [-0.05, 0) is 36.9 Å². The summed E-state index contributed by atoms with van der Waals surface area (Å²) in [5, 5.41) is 5.75. The second kappa shape index (κ2) is 4.70. The second-order valence-electron chi connectivity index (χ2n) is 5.23. The first-order valence-electron chi connectivity index (χ1n) is 6.49. The number of anilines is 1. The van der Waals surface area contributed by atoms with E-state index >= 15 is 0 Å². The van der Waals surface area contributed by atoms with Crippen LogP contribution in [0.1, 0.15) is 13.3 Å². The molecule has 1 fully saturated rings. The third-order valence-corrected chi connectivity index (χ3v) is 3.61. The minimum Gasteiger partial charge on any atom is -0.497 e. The lowest BCUT2D eigenvalue weighted by Gasteiger charge is -2.25. The number of ether oxygens (including phenoxy) is 2. The molecular weight excluding hydrogens is 240 g/mol. The van der Waals surface area contributed by atoms with Gasteiger partial charge >= 0.3 is 0 Å². The first-order valence-corrected chi connectivity index (χ1v) is 6.49. The van der Waals surface area contributed by atoms with E-state index in [0.717, 1.165) is 42.0 Å². The van der Waals surface area contributed by atoms with E-state index in [2.05, 4.69) is 23.3 Å². The van der Waals surface area contributed by atoms with E-state index in [9.17, 15) is 0 Å². The third-order valence-electron chi connectivity index (χ3n) is 3.61. The normalized spacial score (nSPS) is 22.6. The van der Waals surface area contributed by atoms with Crippen molar-refractivity contribution in [2.24, 2.45) is 0 Å². The number of nitrogens with one attached hydrogen (secondary N) is 1. The van der Waals surface area contributed by atoms with Crippen LogP contribution in [-0.4, -0.2) is 30.8 Å². The molecule has 19 heavy (non-hydrogen) atoms. The summed E-state index contributed by atoms with van der Waals surface area (Å²) in [5.74, 6) is 1.74. The molecule has 4 heteroatoms. The SMILES string of the molecule is COc1ccc2ccnc(NC3(C)CCOC3)c2c1. The van der Waals surface area contributed by atoms with E-state index in [1.165, 1.54) is 0 Å². The minimum absolute atomic E-state index is 0.0373. The lowest BCUT2D eigenvalue weighted by molar-refractivity contribution is 0.185. The molecule has 100 valence electrons. The topological polar surface area (TPSA) is 43.4 Å². The maximum Gasteiger partial charge on any atom is 0.134 e. The standard InChI is InChI=1S/C15H18N2O2/c1-15(6-8-19-10-15)17-14-13-9-12(18-2)4-3-11(13)5-7-16-14/h3-5,7,9H,6,8,10H2,1-2H3,(H,16,17). The smallest absolute Gasteiger partial charge is 0.134 e. The zero-order chi connectivity index (χ0) is 13.3. The number of fused-ring (bicyclic) bond motifs is 1. The predicted octanol–water partition coefficient (Wildman–Crippen LogP) is 2.83. The van der Waals surface area contributed by atoms with Crippen LogP contribution in [0.25, 0.3) is 10.8 Å². The monoisotopic (exact) mass is 258 g/mol. The Morgan fingerprint density at radius 2 is 2.26 bits per heavy atom. The molecule has 1 unspecified atom stereocenters. The highest BCUT2D eigenvalue weighted by Crippen LogP contribution is 2.29. The molecule has 0 radical (unpaired) electrons. The van der Waals surface area contributed by atoms with Gasteiger partial charge in [-0.15, -0.1) is 0 Å². The van der Waals surface area contributed by atoms with Crippen LogP contribution < -0.4 is 10.1 Å². The van der Waals surface area contributed by atoms with Crippen LogP contribution in [0.15, 0.2) is 30.5 Å². The number of rotatable bonds is 3. The van der Waals surface area contributed by atoms with E-state index in [0.29, 0.717) is 0 Å². The molecule has 2 aromatic rings. The van der Waals surface area contributed by atoms with Crippen molar-refractivity contribution in [2.45, 2.75) is 18.9 Å². The summed E-state index contributed by atoms with van der Waals surface area (Å²) in [4.78, 5) is 4.47. The number of methoxy groups -OCH3 is 1. The lowest BCUT2D eigenvalue weighted by atomic mass is 10.0. The molecule has 1 aromatic heterocycles. The Morgan fingerprint density at radius 3 is 3.00 bits per heavy atom. The van der Waals surface area contributed by atoms with Crippen molar-refractivity contribution < 1.29 is 9.47 Å². The van der Waals surface area contributed by atoms with Gasteiger partial charge in [0.2, 0.25) is 0 Å². The summed E-state index contributed by atoms with van der Waals surface area (Å²) in [7, 11) is 1.68. The van der Waals surface area contributed by atoms with Gasteiger partial charge in [0, 0.05) is 18.2 Å². The average Bonchev–Trinajstić information content (AvgIpc) is 2.85. The first-order chi connectivity index (χ1) is 9.20. The predicted molar refractivity (Wildman–Crippen MR) is 75.8 cm³/mol. The number of benzene rings is 1. The van der Waals surface area contributed by atoms with Crippen molar-refractivity contribution in [3.63, 3.8) is 0 Å². The molecule has 1 saturated heterocycles. The van der Waals surface area contributed by atoms with E-state index in [-0.39, 0.29) is 5.54 Å². The fourth-order valence-electron chi connectivity index (χ4n) is 2.43. The van der Waals surface area contributed by atoms with Gasteiger partial charge < -0.3 is 14.8 Å². The molecule has 1 N–H and O–H groups in total. The van der Waals surface area contributed by atoms with Crippen molar-refractivity contribution >= 4 is 16.6 Å². The van der Waals surface area contributed by atoms with Crippen molar-refractivity contribution in [3.8, 4) is 5.75 Å². The van der Waals surface area contributed by atoms with Crippen LogP contribution in [0.4, 0.5) is 5.82 Å². The van der Waals surface area contributed by atoms with Gasteiger partial charge in [0.15, 0.2) is 0 Å². The number of nitrogens with zero attached hydrogens (tertiary/aromatic N) is 1. The molecule has 0 bridgehead atoms. The quantitative estimate of drug-likeness (QED) is 0.919. The van der Waals surface area contributed by atoms with Gasteiger partial charge in [-0.2, -0.15) is 0 Å². The maximum absolute atomic E-state index is 5.47. The van der Waals surface area contributed by atoms with Gasteiger partial charge in [-0.25, -0.2) is 4.98 Å². The Bertz CT molecular complexity index is 592. The molecule has 1 aliphatic rings. The summed E-state index contributed by atoms with van der Waals surface area (Å²) in [5.41, 5.74) is -0.0373. The molecule has 2 heterocycles. The molecule has 0 aliphatic carbocycles. The van der Waals surface area contributed by atoms with Gasteiger partial charge in [0.1, 0.15) is 11.6 Å². The summed E-state index contributed by atoms with van der Waals surface area (Å²) < 4.78 is 10.8. The average molecular weight is 258 g/mol. The third kappa shape index (κ3) is 2.36. The Kier molecular flexibility index (Phi) is 3.03. The van der Waals surface area contributed by atoms with Crippen LogP contribution in [0, 0.1) is 0 Å². The fourth-order valence-corrected chi connectivity index (χ4v) is 2.43. The molecule has 1 aromatic carbocycles. The first kappa shape index (κ1) is 12.2. The van der Waals surface area contributed by atoms with E-state index in [1.54, 1.807) is 7.11 Å². The number of pyridine rings is 1. The molecule has 3 rings (SSSR count). The Morgan fingerprint density at radius 1 is 1.37 bits per heavy atom. The Balaban J connectivity index is 2.02. The molecular formula is C15H18N2O2. The Hall–Kier alpha value is -1.81.